The van der Waals surface area contributed by atoms with Gasteiger partial charge in [-0.15, -0.1) is 15.3 Å². The fourth-order valence-electron chi connectivity index (χ4n) is 2.50. The predicted molar refractivity (Wildman–Crippen MR) is 111 cm³/mol. The zero-order valence-corrected chi connectivity index (χ0v) is 17.2. The van der Waals surface area contributed by atoms with Crippen LogP contribution in [0.15, 0.2) is 59.8 Å². The van der Waals surface area contributed by atoms with Crippen molar-refractivity contribution in [3.63, 3.8) is 0 Å². The van der Waals surface area contributed by atoms with E-state index in [2.05, 4.69) is 31.0 Å². The van der Waals surface area contributed by atoms with Crippen molar-refractivity contribution in [2.45, 2.75) is 24.4 Å². The first kappa shape index (κ1) is 19.2. The zero-order valence-electron chi connectivity index (χ0n) is 15.5. The second-order valence-electron chi connectivity index (χ2n) is 6.17. The number of aryl methyl sites for hydroxylation is 1. The van der Waals surface area contributed by atoms with Gasteiger partial charge in [-0.05, 0) is 35.0 Å². The van der Waals surface area contributed by atoms with Crippen LogP contribution in [0.25, 0.3) is 5.69 Å². The molecule has 0 unspecified atom stereocenters. The standard InChI is InChI=1S/C19H17N7OS2/c1-13-7-9-15(10-8-13)26-19(23-24-25-26)28-12-16-21-22-18(29-16)17(27)20-11-14-5-3-2-4-6-14/h2-10H,11-12H2,1H3,(H,20,27). The average molecular weight is 424 g/mol. The van der Waals surface area contributed by atoms with Crippen LogP contribution in [0.4, 0.5) is 0 Å². The molecule has 0 saturated heterocycles. The number of nitrogens with zero attached hydrogens (tertiary/aromatic N) is 6. The van der Waals surface area contributed by atoms with E-state index >= 15 is 0 Å². The summed E-state index contributed by atoms with van der Waals surface area (Å²) in [5.74, 6) is 0.294. The summed E-state index contributed by atoms with van der Waals surface area (Å²) in [6.45, 7) is 2.48. The Bertz CT molecular complexity index is 1090. The van der Waals surface area contributed by atoms with E-state index in [4.69, 9.17) is 0 Å². The maximum absolute atomic E-state index is 12.3. The second-order valence-corrected chi connectivity index (χ2v) is 8.17. The summed E-state index contributed by atoms with van der Waals surface area (Å²) in [5.41, 5.74) is 3.09. The smallest absolute Gasteiger partial charge is 0.282 e. The Balaban J connectivity index is 1.36. The van der Waals surface area contributed by atoms with Crippen LogP contribution < -0.4 is 5.32 Å². The van der Waals surface area contributed by atoms with E-state index in [0.717, 1.165) is 16.3 Å². The van der Waals surface area contributed by atoms with E-state index in [1.807, 2.05) is 61.5 Å². The van der Waals surface area contributed by atoms with Gasteiger partial charge in [-0.2, -0.15) is 4.68 Å². The monoisotopic (exact) mass is 423 g/mol. The van der Waals surface area contributed by atoms with E-state index in [1.54, 1.807) is 4.68 Å². The number of carbonyl (C=O) groups excluding carboxylic acids is 1. The zero-order chi connectivity index (χ0) is 20.1. The van der Waals surface area contributed by atoms with Crippen LogP contribution in [0.5, 0.6) is 0 Å². The fourth-order valence-corrected chi connectivity index (χ4v) is 4.13. The molecule has 0 fully saturated rings. The third-order valence-corrected chi connectivity index (χ3v) is 6.04. The van der Waals surface area contributed by atoms with Crippen molar-refractivity contribution in [3.8, 4) is 5.69 Å². The number of tetrazole rings is 1. The lowest BCUT2D eigenvalue weighted by atomic mass is 10.2. The van der Waals surface area contributed by atoms with Crippen LogP contribution in [0, 0.1) is 6.92 Å². The summed E-state index contributed by atoms with van der Waals surface area (Å²) in [6.07, 6.45) is 0. The van der Waals surface area contributed by atoms with Crippen LogP contribution in [-0.4, -0.2) is 36.3 Å². The normalized spacial score (nSPS) is 10.8. The number of aromatic nitrogens is 6. The van der Waals surface area contributed by atoms with Gasteiger partial charge in [-0.25, -0.2) is 0 Å². The molecular formula is C19H17N7OS2. The Kier molecular flexibility index (Phi) is 5.92. The van der Waals surface area contributed by atoms with Gasteiger partial charge in [0, 0.05) is 6.54 Å². The van der Waals surface area contributed by atoms with Gasteiger partial charge in [-0.1, -0.05) is 71.1 Å². The highest BCUT2D eigenvalue weighted by molar-refractivity contribution is 7.98. The van der Waals surface area contributed by atoms with Crippen molar-refractivity contribution < 1.29 is 4.79 Å². The molecule has 4 rings (SSSR count). The fraction of sp³-hybridized carbons (Fsp3) is 0.158. The van der Waals surface area contributed by atoms with Crippen molar-refractivity contribution in [2.75, 3.05) is 0 Å². The maximum Gasteiger partial charge on any atom is 0.282 e. The third kappa shape index (κ3) is 4.84. The van der Waals surface area contributed by atoms with E-state index < -0.39 is 0 Å². The number of carbonyl (C=O) groups is 1. The van der Waals surface area contributed by atoms with Gasteiger partial charge in [0.1, 0.15) is 5.01 Å². The molecule has 10 heteroatoms. The lowest BCUT2D eigenvalue weighted by molar-refractivity contribution is 0.0950. The molecule has 4 aromatic rings. The minimum Gasteiger partial charge on any atom is -0.346 e. The highest BCUT2D eigenvalue weighted by Gasteiger charge is 2.15. The van der Waals surface area contributed by atoms with Crippen molar-refractivity contribution >= 4 is 29.0 Å². The highest BCUT2D eigenvalue weighted by Crippen LogP contribution is 2.24. The summed E-state index contributed by atoms with van der Waals surface area (Å²) >= 11 is 2.71. The van der Waals surface area contributed by atoms with Crippen LogP contribution in [0.1, 0.15) is 25.9 Å². The third-order valence-electron chi connectivity index (χ3n) is 4.00. The molecule has 2 aromatic heterocycles. The Morgan fingerprint density at radius 2 is 1.86 bits per heavy atom. The number of thioether (sulfide) groups is 1. The Morgan fingerprint density at radius 1 is 1.07 bits per heavy atom. The summed E-state index contributed by atoms with van der Waals surface area (Å²) in [5, 5.41) is 24.6. The summed E-state index contributed by atoms with van der Waals surface area (Å²) in [7, 11) is 0. The minimum atomic E-state index is -0.230. The molecule has 2 heterocycles. The van der Waals surface area contributed by atoms with Gasteiger partial charge in [0.25, 0.3) is 5.91 Å². The molecule has 146 valence electrons. The molecule has 8 nitrogen and oxygen atoms in total. The van der Waals surface area contributed by atoms with Crippen LogP contribution >= 0.6 is 23.1 Å². The molecular weight excluding hydrogens is 406 g/mol. The molecule has 0 aliphatic carbocycles. The number of hydrogen-bond donors (Lipinski definition) is 1. The van der Waals surface area contributed by atoms with Crippen molar-refractivity contribution in [3.05, 3.63) is 75.7 Å². The Hall–Kier alpha value is -3.11. The molecule has 0 aliphatic heterocycles. The number of benzene rings is 2. The van der Waals surface area contributed by atoms with E-state index in [1.165, 1.54) is 28.7 Å². The van der Waals surface area contributed by atoms with E-state index in [0.29, 0.717) is 22.5 Å². The number of rotatable bonds is 7. The predicted octanol–water partition coefficient (Wildman–Crippen LogP) is 3.04. The van der Waals surface area contributed by atoms with Gasteiger partial charge in [0.2, 0.25) is 10.2 Å². The quantitative estimate of drug-likeness (QED) is 0.456. The van der Waals surface area contributed by atoms with Crippen molar-refractivity contribution in [1.29, 1.82) is 0 Å². The van der Waals surface area contributed by atoms with Gasteiger partial charge < -0.3 is 5.32 Å². The molecule has 0 aliphatic rings. The van der Waals surface area contributed by atoms with Crippen molar-refractivity contribution in [2.24, 2.45) is 0 Å². The molecule has 2 aromatic carbocycles. The first-order valence-electron chi connectivity index (χ1n) is 8.82. The molecule has 0 saturated carbocycles. The Morgan fingerprint density at radius 3 is 2.66 bits per heavy atom. The molecule has 0 atom stereocenters. The van der Waals surface area contributed by atoms with Gasteiger partial charge in [0.05, 0.1) is 11.4 Å². The summed E-state index contributed by atoms with van der Waals surface area (Å²) < 4.78 is 1.68. The van der Waals surface area contributed by atoms with Gasteiger partial charge >= 0.3 is 0 Å². The molecule has 0 spiro atoms. The van der Waals surface area contributed by atoms with E-state index in [9.17, 15) is 4.79 Å². The van der Waals surface area contributed by atoms with Crippen molar-refractivity contribution in [1.82, 2.24) is 35.7 Å². The molecule has 1 N–H and O–H groups in total. The lowest BCUT2D eigenvalue weighted by Gasteiger charge is -2.03. The molecule has 0 bridgehead atoms. The molecule has 0 radical (unpaired) electrons. The molecule has 29 heavy (non-hydrogen) atoms. The molecule has 1 amide bonds. The first-order chi connectivity index (χ1) is 14.2. The minimum absolute atomic E-state index is 0.230. The number of amides is 1. The average Bonchev–Trinajstić information content (AvgIpc) is 3.41. The summed E-state index contributed by atoms with van der Waals surface area (Å²) in [6, 6.07) is 17.7. The van der Waals surface area contributed by atoms with Gasteiger partial charge in [0.15, 0.2) is 0 Å². The topological polar surface area (TPSA) is 98.5 Å². The number of hydrogen-bond acceptors (Lipinski definition) is 8. The van der Waals surface area contributed by atoms with E-state index in [-0.39, 0.29) is 5.91 Å². The number of nitrogens with one attached hydrogen (secondary N) is 1. The van der Waals surface area contributed by atoms with Crippen LogP contribution in [0.3, 0.4) is 0 Å². The summed E-state index contributed by atoms with van der Waals surface area (Å²) in [4.78, 5) is 12.3. The second kappa shape index (κ2) is 8.93. The lowest BCUT2D eigenvalue weighted by Crippen LogP contribution is -2.22. The Labute approximate surface area is 175 Å². The maximum atomic E-state index is 12.3. The van der Waals surface area contributed by atoms with Crippen LogP contribution in [-0.2, 0) is 12.3 Å². The first-order valence-corrected chi connectivity index (χ1v) is 10.6. The SMILES string of the molecule is Cc1ccc(-n2nnnc2SCc2nnc(C(=O)NCc3ccccc3)s2)cc1. The highest BCUT2D eigenvalue weighted by atomic mass is 32.2. The van der Waals surface area contributed by atoms with Crippen LogP contribution in [0.2, 0.25) is 0 Å². The largest absolute Gasteiger partial charge is 0.346 e. The van der Waals surface area contributed by atoms with Gasteiger partial charge in [-0.3, -0.25) is 4.79 Å².